The first kappa shape index (κ1) is 14.0. The molecule has 3 heteroatoms. The van der Waals surface area contributed by atoms with Gasteiger partial charge in [0.05, 0.1) is 5.69 Å². The predicted molar refractivity (Wildman–Crippen MR) is 89.4 cm³/mol. The van der Waals surface area contributed by atoms with Gasteiger partial charge in [-0.3, -0.25) is 0 Å². The van der Waals surface area contributed by atoms with Crippen molar-refractivity contribution in [3.63, 3.8) is 0 Å². The topological polar surface area (TPSA) is 38.9 Å². The number of nitrogens with zero attached hydrogens (tertiary/aromatic N) is 1. The number of thiazole rings is 1. The third kappa shape index (κ3) is 3.38. The Hall–Kier alpha value is -1.97. The molecule has 21 heavy (non-hydrogen) atoms. The van der Waals surface area contributed by atoms with Gasteiger partial charge in [-0.1, -0.05) is 60.2 Å². The van der Waals surface area contributed by atoms with E-state index in [1.165, 1.54) is 11.1 Å². The summed E-state index contributed by atoms with van der Waals surface area (Å²) in [6.45, 7) is 2.09. The molecule has 0 aliphatic rings. The fourth-order valence-corrected chi connectivity index (χ4v) is 3.11. The average molecular weight is 294 g/mol. The highest BCUT2D eigenvalue weighted by atomic mass is 32.1. The Morgan fingerprint density at radius 3 is 2.48 bits per heavy atom. The maximum absolute atomic E-state index is 6.26. The van der Waals surface area contributed by atoms with Crippen LogP contribution in [0.5, 0.6) is 0 Å². The van der Waals surface area contributed by atoms with E-state index in [2.05, 4.69) is 48.7 Å². The molecule has 2 N–H and O–H groups in total. The molecule has 2 aromatic carbocycles. The van der Waals surface area contributed by atoms with Crippen LogP contribution >= 0.6 is 11.3 Å². The molecule has 0 fully saturated rings. The Morgan fingerprint density at radius 1 is 1.05 bits per heavy atom. The Morgan fingerprint density at radius 2 is 1.76 bits per heavy atom. The number of aryl methyl sites for hydroxylation is 1. The first-order valence-corrected chi connectivity index (χ1v) is 7.92. The lowest BCUT2D eigenvalue weighted by atomic mass is 10.0. The fraction of sp³-hybridized carbons (Fsp3) is 0.167. The van der Waals surface area contributed by atoms with Crippen molar-refractivity contribution in [1.82, 2.24) is 4.98 Å². The lowest BCUT2D eigenvalue weighted by Gasteiger charge is -2.09. The Balaban J connectivity index is 1.75. The van der Waals surface area contributed by atoms with Crippen LogP contribution in [-0.4, -0.2) is 4.98 Å². The summed E-state index contributed by atoms with van der Waals surface area (Å²) >= 11 is 1.68. The summed E-state index contributed by atoms with van der Waals surface area (Å²) in [7, 11) is 0. The molecular weight excluding hydrogens is 276 g/mol. The van der Waals surface area contributed by atoms with Crippen molar-refractivity contribution in [3.8, 4) is 10.6 Å². The van der Waals surface area contributed by atoms with Gasteiger partial charge in [-0.15, -0.1) is 11.3 Å². The van der Waals surface area contributed by atoms with Crippen molar-refractivity contribution in [3.05, 3.63) is 76.8 Å². The molecule has 1 atom stereocenters. The van der Waals surface area contributed by atoms with E-state index in [0.29, 0.717) is 0 Å². The van der Waals surface area contributed by atoms with Crippen LogP contribution in [0.1, 0.15) is 22.9 Å². The molecule has 106 valence electrons. The smallest absolute Gasteiger partial charge is 0.123 e. The SMILES string of the molecule is Cc1ccc(-c2nc(CC(N)c3ccccc3)cs2)cc1. The van der Waals surface area contributed by atoms with E-state index in [0.717, 1.165) is 22.7 Å². The van der Waals surface area contributed by atoms with Crippen molar-refractivity contribution < 1.29 is 0 Å². The van der Waals surface area contributed by atoms with Crippen molar-refractivity contribution >= 4 is 11.3 Å². The summed E-state index contributed by atoms with van der Waals surface area (Å²) in [4.78, 5) is 4.71. The monoisotopic (exact) mass is 294 g/mol. The van der Waals surface area contributed by atoms with Gasteiger partial charge in [0.25, 0.3) is 0 Å². The molecule has 0 saturated heterocycles. The van der Waals surface area contributed by atoms with Gasteiger partial charge in [-0.2, -0.15) is 0 Å². The van der Waals surface area contributed by atoms with Crippen molar-refractivity contribution in [2.45, 2.75) is 19.4 Å². The van der Waals surface area contributed by atoms with Crippen LogP contribution in [0.15, 0.2) is 60.0 Å². The van der Waals surface area contributed by atoms with E-state index in [1.54, 1.807) is 11.3 Å². The minimum atomic E-state index is -0.000771. The molecule has 3 aromatic rings. The zero-order chi connectivity index (χ0) is 14.7. The van der Waals surface area contributed by atoms with Gasteiger partial charge in [0.1, 0.15) is 5.01 Å². The molecule has 1 aromatic heterocycles. The highest BCUT2D eigenvalue weighted by Gasteiger charge is 2.10. The van der Waals surface area contributed by atoms with E-state index in [9.17, 15) is 0 Å². The summed E-state index contributed by atoms with van der Waals surface area (Å²) < 4.78 is 0. The number of aromatic nitrogens is 1. The van der Waals surface area contributed by atoms with Crippen LogP contribution in [0.4, 0.5) is 0 Å². The third-order valence-corrected chi connectivity index (χ3v) is 4.45. The van der Waals surface area contributed by atoms with Gasteiger partial charge < -0.3 is 5.73 Å². The lowest BCUT2D eigenvalue weighted by Crippen LogP contribution is -2.13. The molecular formula is C18H18N2S. The van der Waals surface area contributed by atoms with Crippen LogP contribution in [0.25, 0.3) is 10.6 Å². The first-order chi connectivity index (χ1) is 10.2. The van der Waals surface area contributed by atoms with Gasteiger partial charge in [0.2, 0.25) is 0 Å². The molecule has 0 aliphatic carbocycles. The molecule has 0 radical (unpaired) electrons. The van der Waals surface area contributed by atoms with Crippen LogP contribution in [-0.2, 0) is 6.42 Å². The Kier molecular flexibility index (Phi) is 4.13. The van der Waals surface area contributed by atoms with Gasteiger partial charge in [0, 0.05) is 23.4 Å². The van der Waals surface area contributed by atoms with Crippen LogP contribution in [0.2, 0.25) is 0 Å². The quantitative estimate of drug-likeness (QED) is 0.776. The highest BCUT2D eigenvalue weighted by molar-refractivity contribution is 7.13. The molecule has 2 nitrogen and oxygen atoms in total. The molecule has 0 spiro atoms. The standard InChI is InChI=1S/C18H18N2S/c1-13-7-9-15(10-8-13)18-20-16(12-21-18)11-17(19)14-5-3-2-4-6-14/h2-10,12,17H,11,19H2,1H3. The predicted octanol–water partition coefficient (Wildman–Crippen LogP) is 4.36. The van der Waals surface area contributed by atoms with Gasteiger partial charge in [-0.05, 0) is 12.5 Å². The normalized spacial score (nSPS) is 12.3. The van der Waals surface area contributed by atoms with Gasteiger partial charge in [-0.25, -0.2) is 4.98 Å². The first-order valence-electron chi connectivity index (χ1n) is 7.04. The molecule has 0 aliphatic heterocycles. The number of benzene rings is 2. The van der Waals surface area contributed by atoms with E-state index in [4.69, 9.17) is 10.7 Å². The summed E-state index contributed by atoms with van der Waals surface area (Å²) in [6, 6.07) is 18.7. The van der Waals surface area contributed by atoms with E-state index >= 15 is 0 Å². The second kappa shape index (κ2) is 6.20. The van der Waals surface area contributed by atoms with Crippen LogP contribution in [0, 0.1) is 6.92 Å². The third-order valence-electron chi connectivity index (χ3n) is 3.51. The minimum absolute atomic E-state index is 0.000771. The van der Waals surface area contributed by atoms with Crippen molar-refractivity contribution in [2.75, 3.05) is 0 Å². The summed E-state index contributed by atoms with van der Waals surface area (Å²) in [5.41, 5.74) is 10.9. The van der Waals surface area contributed by atoms with E-state index < -0.39 is 0 Å². The van der Waals surface area contributed by atoms with Gasteiger partial charge in [0.15, 0.2) is 0 Å². The highest BCUT2D eigenvalue weighted by Crippen LogP contribution is 2.25. The molecule has 1 heterocycles. The maximum Gasteiger partial charge on any atom is 0.123 e. The summed E-state index contributed by atoms with van der Waals surface area (Å²) in [5.74, 6) is 0. The van der Waals surface area contributed by atoms with E-state index in [1.807, 2.05) is 18.2 Å². The summed E-state index contributed by atoms with van der Waals surface area (Å²) in [6.07, 6.45) is 0.770. The zero-order valence-corrected chi connectivity index (χ0v) is 12.8. The molecule has 0 bridgehead atoms. The number of nitrogens with two attached hydrogens (primary N) is 1. The van der Waals surface area contributed by atoms with Gasteiger partial charge >= 0.3 is 0 Å². The number of hydrogen-bond donors (Lipinski definition) is 1. The minimum Gasteiger partial charge on any atom is -0.324 e. The Labute approximate surface area is 129 Å². The van der Waals surface area contributed by atoms with Crippen molar-refractivity contribution in [2.24, 2.45) is 5.73 Å². The molecule has 0 saturated carbocycles. The zero-order valence-electron chi connectivity index (χ0n) is 12.0. The largest absolute Gasteiger partial charge is 0.324 e. The second-order valence-electron chi connectivity index (χ2n) is 5.23. The fourth-order valence-electron chi connectivity index (χ4n) is 2.27. The molecule has 0 amide bonds. The van der Waals surface area contributed by atoms with Crippen molar-refractivity contribution in [1.29, 1.82) is 0 Å². The lowest BCUT2D eigenvalue weighted by molar-refractivity contribution is 0.710. The number of rotatable bonds is 4. The average Bonchev–Trinajstić information content (AvgIpc) is 2.97. The van der Waals surface area contributed by atoms with E-state index in [-0.39, 0.29) is 6.04 Å². The summed E-state index contributed by atoms with van der Waals surface area (Å²) in [5, 5.41) is 3.17. The molecule has 3 rings (SSSR count). The molecule has 1 unspecified atom stereocenters. The maximum atomic E-state index is 6.26. The van der Waals surface area contributed by atoms with Crippen LogP contribution in [0.3, 0.4) is 0 Å². The Bertz CT molecular complexity index is 702. The second-order valence-corrected chi connectivity index (χ2v) is 6.09. The number of hydrogen-bond acceptors (Lipinski definition) is 3. The van der Waals surface area contributed by atoms with Crippen LogP contribution < -0.4 is 5.73 Å².